The van der Waals surface area contributed by atoms with Crippen LogP contribution in [-0.4, -0.2) is 28.0 Å². The number of hydrazone groups is 1. The van der Waals surface area contributed by atoms with Gasteiger partial charge in [-0.1, -0.05) is 23.5 Å². The summed E-state index contributed by atoms with van der Waals surface area (Å²) in [6.07, 6.45) is 1.26. The Hall–Kier alpha value is -2.87. The summed E-state index contributed by atoms with van der Waals surface area (Å²) >= 11 is 0.913. The fourth-order valence-electron chi connectivity index (χ4n) is 1.91. The lowest BCUT2D eigenvalue weighted by Gasteiger charge is -2.04. The van der Waals surface area contributed by atoms with Crippen LogP contribution in [0.2, 0.25) is 0 Å². The number of carbonyl (C=O) groups is 2. The molecule has 104 valence electrons. The number of fused-ring (bicyclic) bond motifs is 1. The highest BCUT2D eigenvalue weighted by molar-refractivity contribution is 7.16. The van der Waals surface area contributed by atoms with Crippen molar-refractivity contribution in [3.05, 3.63) is 62.5 Å². The van der Waals surface area contributed by atoms with E-state index < -0.39 is 16.7 Å². The lowest BCUT2D eigenvalue weighted by molar-refractivity contribution is -0.380. The highest BCUT2D eigenvalue weighted by atomic mass is 32.1. The minimum absolute atomic E-state index is 0.0289. The van der Waals surface area contributed by atoms with E-state index in [0.29, 0.717) is 16.0 Å². The van der Waals surface area contributed by atoms with Gasteiger partial charge in [0, 0.05) is 6.07 Å². The molecule has 21 heavy (non-hydrogen) atoms. The maximum atomic E-state index is 12.0. The molecule has 7 nitrogen and oxygen atoms in total. The van der Waals surface area contributed by atoms with E-state index in [0.717, 1.165) is 16.3 Å². The number of thiophene rings is 1. The van der Waals surface area contributed by atoms with Crippen LogP contribution < -0.4 is 0 Å². The first kappa shape index (κ1) is 13.1. The summed E-state index contributed by atoms with van der Waals surface area (Å²) in [6, 6.07) is 9.29. The second-order valence-electron chi connectivity index (χ2n) is 4.15. The standard InChI is InChI=1S/C13H7N3O4S/c17-12-9-3-1-2-4-10(9)13(18)15(12)14-7-8-5-6-11(21-8)16(19)20/h1-7H. The van der Waals surface area contributed by atoms with Gasteiger partial charge in [-0.15, -0.1) is 0 Å². The fraction of sp³-hybridized carbons (Fsp3) is 0. The molecule has 3 rings (SSSR count). The molecule has 0 fully saturated rings. The molecule has 0 bridgehead atoms. The van der Waals surface area contributed by atoms with Crippen molar-refractivity contribution in [2.75, 3.05) is 0 Å². The number of benzene rings is 1. The number of nitrogens with zero attached hydrogens (tertiary/aromatic N) is 3. The monoisotopic (exact) mass is 301 g/mol. The van der Waals surface area contributed by atoms with Crippen molar-refractivity contribution in [2.24, 2.45) is 5.10 Å². The molecule has 0 unspecified atom stereocenters. The van der Waals surface area contributed by atoms with Gasteiger partial charge in [-0.05, 0) is 18.2 Å². The molecule has 1 aromatic carbocycles. The quantitative estimate of drug-likeness (QED) is 0.376. The number of carbonyl (C=O) groups excluding carboxylic acids is 2. The van der Waals surface area contributed by atoms with Crippen LogP contribution in [0.15, 0.2) is 41.5 Å². The first-order chi connectivity index (χ1) is 10.1. The largest absolute Gasteiger partial charge is 0.324 e. The minimum atomic E-state index is -0.510. The minimum Gasteiger partial charge on any atom is -0.267 e. The van der Waals surface area contributed by atoms with Gasteiger partial charge in [0.1, 0.15) is 0 Å². The molecular formula is C13H7N3O4S. The van der Waals surface area contributed by atoms with E-state index in [1.807, 2.05) is 0 Å². The van der Waals surface area contributed by atoms with Crippen molar-refractivity contribution in [3.8, 4) is 0 Å². The Morgan fingerprint density at radius 2 is 1.71 bits per heavy atom. The molecule has 2 aromatic rings. The van der Waals surface area contributed by atoms with Crippen LogP contribution in [0.25, 0.3) is 0 Å². The fourth-order valence-corrected chi connectivity index (χ4v) is 2.59. The molecule has 0 N–H and O–H groups in total. The number of rotatable bonds is 3. The predicted molar refractivity (Wildman–Crippen MR) is 75.5 cm³/mol. The topological polar surface area (TPSA) is 92.9 Å². The third-order valence-corrected chi connectivity index (χ3v) is 3.84. The van der Waals surface area contributed by atoms with E-state index in [1.165, 1.54) is 18.3 Å². The van der Waals surface area contributed by atoms with Crippen LogP contribution in [0.5, 0.6) is 0 Å². The van der Waals surface area contributed by atoms with Gasteiger partial charge in [0.2, 0.25) is 0 Å². The number of amides is 2. The smallest absolute Gasteiger partial charge is 0.267 e. The van der Waals surface area contributed by atoms with E-state index >= 15 is 0 Å². The van der Waals surface area contributed by atoms with Crippen molar-refractivity contribution >= 4 is 34.4 Å². The molecule has 1 aliphatic rings. The molecule has 0 radical (unpaired) electrons. The van der Waals surface area contributed by atoms with Crippen LogP contribution in [0.3, 0.4) is 0 Å². The summed E-state index contributed by atoms with van der Waals surface area (Å²) < 4.78 is 0. The second-order valence-corrected chi connectivity index (χ2v) is 5.24. The Balaban J connectivity index is 1.86. The molecule has 0 spiro atoms. The third kappa shape index (κ3) is 2.21. The van der Waals surface area contributed by atoms with E-state index in [9.17, 15) is 19.7 Å². The first-order valence-corrected chi connectivity index (χ1v) is 6.65. The van der Waals surface area contributed by atoms with E-state index in [2.05, 4.69) is 5.10 Å². The summed E-state index contributed by atoms with van der Waals surface area (Å²) in [5.41, 5.74) is 0.605. The van der Waals surface area contributed by atoms with Gasteiger partial charge < -0.3 is 0 Å². The Kier molecular flexibility index (Phi) is 3.07. The average molecular weight is 301 g/mol. The van der Waals surface area contributed by atoms with Crippen LogP contribution in [0.4, 0.5) is 5.00 Å². The van der Waals surface area contributed by atoms with Gasteiger partial charge in [0.15, 0.2) is 0 Å². The van der Waals surface area contributed by atoms with Crippen LogP contribution in [0, 0.1) is 10.1 Å². The van der Waals surface area contributed by atoms with Gasteiger partial charge >= 0.3 is 5.00 Å². The Morgan fingerprint density at radius 1 is 1.10 bits per heavy atom. The maximum Gasteiger partial charge on any atom is 0.324 e. The highest BCUT2D eigenvalue weighted by Gasteiger charge is 2.35. The Labute approximate surface area is 122 Å². The van der Waals surface area contributed by atoms with E-state index in [-0.39, 0.29) is 5.00 Å². The maximum absolute atomic E-state index is 12.0. The Bertz CT molecular complexity index is 761. The SMILES string of the molecule is O=C1c2ccccc2C(=O)N1N=Cc1ccc([N+](=O)[O-])s1. The normalized spacial score (nSPS) is 14.0. The Morgan fingerprint density at radius 3 is 2.24 bits per heavy atom. The molecule has 2 amide bonds. The molecule has 2 heterocycles. The molecule has 8 heteroatoms. The van der Waals surface area contributed by atoms with Gasteiger partial charge in [0.25, 0.3) is 11.8 Å². The zero-order valence-corrected chi connectivity index (χ0v) is 11.2. The molecular weight excluding hydrogens is 294 g/mol. The molecule has 0 saturated carbocycles. The van der Waals surface area contributed by atoms with Gasteiger partial charge in [-0.2, -0.15) is 10.1 Å². The summed E-state index contributed by atoms with van der Waals surface area (Å²) in [6.45, 7) is 0. The molecule has 0 aliphatic carbocycles. The van der Waals surface area contributed by atoms with Crippen LogP contribution >= 0.6 is 11.3 Å². The summed E-state index contributed by atoms with van der Waals surface area (Å²) in [4.78, 5) is 34.6. The number of imide groups is 1. The average Bonchev–Trinajstić information content (AvgIpc) is 3.03. The molecule has 0 atom stereocenters. The predicted octanol–water partition coefficient (Wildman–Crippen LogP) is 2.29. The van der Waals surface area contributed by atoms with Crippen LogP contribution in [0.1, 0.15) is 25.6 Å². The van der Waals surface area contributed by atoms with Gasteiger partial charge in [0.05, 0.1) is 27.1 Å². The first-order valence-electron chi connectivity index (χ1n) is 5.84. The number of hydrogen-bond acceptors (Lipinski definition) is 6. The molecule has 0 saturated heterocycles. The lowest BCUT2D eigenvalue weighted by atomic mass is 10.1. The number of nitro groups is 1. The highest BCUT2D eigenvalue weighted by Crippen LogP contribution is 2.24. The van der Waals surface area contributed by atoms with Gasteiger partial charge in [-0.3, -0.25) is 19.7 Å². The van der Waals surface area contributed by atoms with Crippen molar-refractivity contribution in [2.45, 2.75) is 0 Å². The van der Waals surface area contributed by atoms with Crippen molar-refractivity contribution in [1.82, 2.24) is 5.01 Å². The van der Waals surface area contributed by atoms with E-state index in [1.54, 1.807) is 24.3 Å². The molecule has 1 aromatic heterocycles. The lowest BCUT2D eigenvalue weighted by Crippen LogP contribution is -2.23. The van der Waals surface area contributed by atoms with Gasteiger partial charge in [-0.25, -0.2) is 0 Å². The summed E-state index contributed by atoms with van der Waals surface area (Å²) in [5.74, 6) is -1.00. The van der Waals surface area contributed by atoms with Crippen molar-refractivity contribution in [1.29, 1.82) is 0 Å². The zero-order valence-electron chi connectivity index (χ0n) is 10.4. The number of hydrogen-bond donors (Lipinski definition) is 0. The van der Waals surface area contributed by atoms with Crippen molar-refractivity contribution < 1.29 is 14.5 Å². The summed E-state index contributed by atoms with van der Waals surface area (Å²) in [7, 11) is 0. The zero-order chi connectivity index (χ0) is 15.0. The molecule has 1 aliphatic heterocycles. The second kappa shape index (κ2) is 4.91. The van der Waals surface area contributed by atoms with Crippen LogP contribution in [-0.2, 0) is 0 Å². The van der Waals surface area contributed by atoms with E-state index in [4.69, 9.17) is 0 Å². The van der Waals surface area contributed by atoms with Crippen molar-refractivity contribution in [3.63, 3.8) is 0 Å². The summed E-state index contributed by atoms with van der Waals surface area (Å²) in [5, 5.41) is 15.2. The third-order valence-electron chi connectivity index (χ3n) is 2.87.